The second kappa shape index (κ2) is 9.03. The van der Waals surface area contributed by atoms with E-state index in [2.05, 4.69) is 36.9 Å². The van der Waals surface area contributed by atoms with Gasteiger partial charge in [-0.2, -0.15) is 0 Å². The van der Waals surface area contributed by atoms with Crippen molar-refractivity contribution in [2.45, 2.75) is 45.8 Å². The number of nitrogens with zero attached hydrogens (tertiary/aromatic N) is 2. The monoisotopic (exact) mass is 340 g/mol. The third kappa shape index (κ3) is 4.70. The summed E-state index contributed by atoms with van der Waals surface area (Å²) in [6.45, 7) is 9.83. The van der Waals surface area contributed by atoms with Crippen molar-refractivity contribution >= 4 is 12.3 Å². The van der Waals surface area contributed by atoms with E-state index in [4.69, 9.17) is 23.9 Å². The average Bonchev–Trinajstić information content (AvgIpc) is 3.27. The zero-order chi connectivity index (χ0) is 17.5. The van der Waals surface area contributed by atoms with Crippen LogP contribution in [0.1, 0.15) is 45.3 Å². The summed E-state index contributed by atoms with van der Waals surface area (Å²) in [6.07, 6.45) is 2.19. The fraction of sp³-hybridized carbons (Fsp3) is 0.765. The summed E-state index contributed by atoms with van der Waals surface area (Å²) in [7, 11) is 0. The van der Waals surface area contributed by atoms with Crippen molar-refractivity contribution in [3.63, 3.8) is 0 Å². The molecule has 1 aromatic rings. The van der Waals surface area contributed by atoms with Gasteiger partial charge in [0.2, 0.25) is 0 Å². The fourth-order valence-electron chi connectivity index (χ4n) is 3.02. The molecule has 7 nitrogen and oxygen atoms in total. The normalized spacial score (nSPS) is 20.8. The molecular weight excluding hydrogens is 312 g/mol. The number of carbonyl (C=O) groups is 1. The van der Waals surface area contributed by atoms with Gasteiger partial charge in [-0.15, -0.1) is 0 Å². The van der Waals surface area contributed by atoms with Crippen LogP contribution in [-0.4, -0.2) is 49.3 Å². The third-order valence-corrected chi connectivity index (χ3v) is 4.86. The Labute approximate surface area is 142 Å². The Kier molecular flexibility index (Phi) is 7.05. The fourth-order valence-corrected chi connectivity index (χ4v) is 3.02. The Bertz CT molecular complexity index is 491. The highest BCUT2D eigenvalue weighted by atomic mass is 16.7. The van der Waals surface area contributed by atoms with E-state index in [1.807, 2.05) is 0 Å². The van der Waals surface area contributed by atoms with E-state index < -0.39 is 0 Å². The Hall–Kier alpha value is -1.60. The summed E-state index contributed by atoms with van der Waals surface area (Å²) < 4.78 is 16.8. The number of hydrogen-bond donors (Lipinski definition) is 1. The second-order valence-electron chi connectivity index (χ2n) is 6.66. The Morgan fingerprint density at radius 3 is 2.38 bits per heavy atom. The van der Waals surface area contributed by atoms with Crippen molar-refractivity contribution in [2.24, 2.45) is 11.8 Å². The molecule has 0 bridgehead atoms. The van der Waals surface area contributed by atoms with E-state index in [0.29, 0.717) is 17.8 Å². The number of carboxylic acid groups (broad SMARTS) is 1. The molecule has 1 aromatic heterocycles. The molecule has 0 spiro atoms. The molecule has 2 aliphatic rings. The highest BCUT2D eigenvalue weighted by Gasteiger charge is 2.31. The van der Waals surface area contributed by atoms with E-state index in [1.165, 1.54) is 0 Å². The van der Waals surface area contributed by atoms with Gasteiger partial charge in [0.1, 0.15) is 5.76 Å². The minimum Gasteiger partial charge on any atom is -0.483 e. The number of anilines is 1. The van der Waals surface area contributed by atoms with Crippen molar-refractivity contribution in [1.29, 1.82) is 0 Å². The Morgan fingerprint density at radius 2 is 1.83 bits per heavy atom. The number of piperidine rings is 1. The van der Waals surface area contributed by atoms with Gasteiger partial charge in [-0.3, -0.25) is 4.79 Å². The average molecular weight is 340 g/mol. The molecule has 2 aliphatic heterocycles. The highest BCUT2D eigenvalue weighted by Crippen LogP contribution is 2.31. The molecule has 0 aromatic carbocycles. The van der Waals surface area contributed by atoms with Crippen molar-refractivity contribution in [2.75, 3.05) is 31.2 Å². The molecule has 3 heterocycles. The molecule has 24 heavy (non-hydrogen) atoms. The standard InChI is InChI=1S/C16H26N2O3.CH2O2/c1-11(2)12(3)14-10-15(17-21-14)18-6-4-13(5-7-18)16-19-8-9-20-16;2-1-3/h10-13,16H,4-9H2,1-3H3;1H,(H,2,3). The number of ether oxygens (including phenoxy) is 2. The Balaban J connectivity index is 0.000000647. The summed E-state index contributed by atoms with van der Waals surface area (Å²) in [5.74, 6) is 3.45. The molecule has 1 N–H and O–H groups in total. The Morgan fingerprint density at radius 1 is 1.25 bits per heavy atom. The van der Waals surface area contributed by atoms with Crippen LogP contribution in [-0.2, 0) is 14.3 Å². The zero-order valence-corrected chi connectivity index (χ0v) is 14.7. The first kappa shape index (κ1) is 18.7. The summed E-state index contributed by atoms with van der Waals surface area (Å²) in [5, 5.41) is 11.1. The highest BCUT2D eigenvalue weighted by molar-refractivity contribution is 5.39. The van der Waals surface area contributed by atoms with Gasteiger partial charge in [0, 0.05) is 31.0 Å². The molecule has 7 heteroatoms. The SMILES string of the molecule is CC(C)C(C)c1cc(N2CCC(C3OCCO3)CC2)no1.O=CO. The number of aromatic nitrogens is 1. The number of hydrogen-bond acceptors (Lipinski definition) is 6. The van der Waals surface area contributed by atoms with Crippen LogP contribution in [0.4, 0.5) is 5.82 Å². The minimum absolute atomic E-state index is 0.0148. The van der Waals surface area contributed by atoms with Gasteiger partial charge < -0.3 is 24.0 Å². The van der Waals surface area contributed by atoms with Crippen LogP contribution in [0.25, 0.3) is 0 Å². The van der Waals surface area contributed by atoms with Crippen LogP contribution in [0.2, 0.25) is 0 Å². The molecule has 3 rings (SSSR count). The van der Waals surface area contributed by atoms with Crippen molar-refractivity contribution in [3.8, 4) is 0 Å². The predicted molar refractivity (Wildman–Crippen MR) is 89.1 cm³/mol. The van der Waals surface area contributed by atoms with Crippen LogP contribution < -0.4 is 4.90 Å². The van der Waals surface area contributed by atoms with Gasteiger partial charge in [0.15, 0.2) is 12.1 Å². The van der Waals surface area contributed by atoms with Crippen LogP contribution in [0, 0.1) is 11.8 Å². The van der Waals surface area contributed by atoms with Gasteiger partial charge in [-0.05, 0) is 18.8 Å². The van der Waals surface area contributed by atoms with E-state index in [-0.39, 0.29) is 12.8 Å². The van der Waals surface area contributed by atoms with Gasteiger partial charge in [0.05, 0.1) is 13.2 Å². The molecule has 0 radical (unpaired) electrons. The van der Waals surface area contributed by atoms with E-state index >= 15 is 0 Å². The van der Waals surface area contributed by atoms with Crippen LogP contribution in [0.5, 0.6) is 0 Å². The van der Waals surface area contributed by atoms with Crippen LogP contribution >= 0.6 is 0 Å². The smallest absolute Gasteiger partial charge is 0.290 e. The molecule has 1 atom stereocenters. The van der Waals surface area contributed by atoms with Gasteiger partial charge in [-0.1, -0.05) is 25.9 Å². The summed E-state index contributed by atoms with van der Waals surface area (Å²) in [5.41, 5.74) is 0. The van der Waals surface area contributed by atoms with Gasteiger partial charge >= 0.3 is 0 Å². The zero-order valence-electron chi connectivity index (χ0n) is 14.7. The first-order valence-electron chi connectivity index (χ1n) is 8.59. The maximum atomic E-state index is 8.36. The largest absolute Gasteiger partial charge is 0.483 e. The summed E-state index contributed by atoms with van der Waals surface area (Å²) in [6, 6.07) is 2.10. The minimum atomic E-state index is -0.250. The lowest BCUT2D eigenvalue weighted by Crippen LogP contribution is -2.38. The van der Waals surface area contributed by atoms with Crippen LogP contribution in [0.15, 0.2) is 10.6 Å². The van der Waals surface area contributed by atoms with Gasteiger partial charge in [-0.25, -0.2) is 0 Å². The van der Waals surface area contributed by atoms with Crippen molar-refractivity contribution < 1.29 is 23.9 Å². The predicted octanol–water partition coefficient (Wildman–Crippen LogP) is 2.72. The summed E-state index contributed by atoms with van der Waals surface area (Å²) in [4.78, 5) is 10.7. The molecule has 0 amide bonds. The summed E-state index contributed by atoms with van der Waals surface area (Å²) >= 11 is 0. The topological polar surface area (TPSA) is 85.0 Å². The number of rotatable bonds is 4. The van der Waals surface area contributed by atoms with Crippen molar-refractivity contribution in [1.82, 2.24) is 5.16 Å². The molecule has 2 saturated heterocycles. The lowest BCUT2D eigenvalue weighted by atomic mass is 9.95. The first-order valence-corrected chi connectivity index (χ1v) is 8.59. The molecule has 1 unspecified atom stereocenters. The van der Waals surface area contributed by atoms with E-state index in [1.54, 1.807) is 0 Å². The first-order chi connectivity index (χ1) is 11.6. The quantitative estimate of drug-likeness (QED) is 0.843. The third-order valence-electron chi connectivity index (χ3n) is 4.86. The second-order valence-corrected chi connectivity index (χ2v) is 6.66. The lowest BCUT2D eigenvalue weighted by Gasteiger charge is -2.33. The van der Waals surface area contributed by atoms with E-state index in [0.717, 1.165) is 50.7 Å². The molecule has 0 aliphatic carbocycles. The van der Waals surface area contributed by atoms with Gasteiger partial charge in [0.25, 0.3) is 6.47 Å². The lowest BCUT2D eigenvalue weighted by molar-refractivity contribution is -0.122. The van der Waals surface area contributed by atoms with Crippen molar-refractivity contribution in [3.05, 3.63) is 11.8 Å². The molecule has 0 saturated carbocycles. The maximum Gasteiger partial charge on any atom is 0.290 e. The van der Waals surface area contributed by atoms with E-state index in [9.17, 15) is 0 Å². The molecule has 2 fully saturated rings. The molecule has 136 valence electrons. The van der Waals surface area contributed by atoms with Crippen LogP contribution in [0.3, 0.4) is 0 Å². The maximum absolute atomic E-state index is 8.36. The molecular formula is C17H28N2O5.